The summed E-state index contributed by atoms with van der Waals surface area (Å²) >= 11 is 0. The summed E-state index contributed by atoms with van der Waals surface area (Å²) in [5, 5.41) is 0.973. The number of fused-ring (bicyclic) bond motifs is 1. The Morgan fingerprint density at radius 2 is 2.00 bits per heavy atom. The molecule has 0 atom stereocenters. The first-order valence-corrected chi connectivity index (χ1v) is 7.82. The summed E-state index contributed by atoms with van der Waals surface area (Å²) < 4.78 is 5.25. The average molecular weight is 301 g/mol. The Kier molecular flexibility index (Phi) is 4.07. The number of carbonyl (C=O) groups is 1. The van der Waals surface area contributed by atoms with Crippen molar-refractivity contribution in [3.8, 4) is 5.75 Å². The number of piperazine rings is 1. The van der Waals surface area contributed by atoms with Crippen molar-refractivity contribution < 1.29 is 9.53 Å². The topological polar surface area (TPSA) is 48.6 Å². The second kappa shape index (κ2) is 6.01. The normalized spacial score (nSPS) is 16.2. The second-order valence-corrected chi connectivity index (χ2v) is 5.76. The molecule has 3 rings (SSSR count). The number of aromatic amines is 1. The van der Waals surface area contributed by atoms with Gasteiger partial charge in [-0.2, -0.15) is 0 Å². The molecule has 1 aliphatic heterocycles. The molecule has 118 valence electrons. The summed E-state index contributed by atoms with van der Waals surface area (Å²) in [6.45, 7) is 8.68. The third-order valence-electron chi connectivity index (χ3n) is 4.51. The summed E-state index contributed by atoms with van der Waals surface area (Å²) in [5.74, 6) is 0.925. The number of nitrogens with zero attached hydrogens (tertiary/aromatic N) is 2. The Balaban J connectivity index is 1.89. The number of nitrogens with one attached hydrogen (secondary N) is 1. The van der Waals surface area contributed by atoms with E-state index in [4.69, 9.17) is 4.74 Å². The molecule has 2 heterocycles. The zero-order valence-electron chi connectivity index (χ0n) is 13.5. The van der Waals surface area contributed by atoms with E-state index in [9.17, 15) is 4.79 Å². The first kappa shape index (κ1) is 14.9. The van der Waals surface area contributed by atoms with Gasteiger partial charge in [0.2, 0.25) is 0 Å². The fourth-order valence-corrected chi connectivity index (χ4v) is 3.14. The van der Waals surface area contributed by atoms with Gasteiger partial charge in [0.1, 0.15) is 5.75 Å². The van der Waals surface area contributed by atoms with Gasteiger partial charge >= 0.3 is 0 Å². The maximum atomic E-state index is 12.9. The number of benzene rings is 1. The van der Waals surface area contributed by atoms with E-state index in [0.717, 1.165) is 60.6 Å². The van der Waals surface area contributed by atoms with Crippen molar-refractivity contribution in [2.45, 2.75) is 13.8 Å². The Hall–Kier alpha value is -2.01. The van der Waals surface area contributed by atoms with Crippen LogP contribution in [0.4, 0.5) is 0 Å². The van der Waals surface area contributed by atoms with Gasteiger partial charge in [0.05, 0.1) is 18.2 Å². The number of rotatable bonds is 3. The number of likely N-dealkylation sites (N-methyl/N-ethyl adjacent to an activating group) is 1. The molecule has 0 bridgehead atoms. The van der Waals surface area contributed by atoms with E-state index in [1.807, 2.05) is 30.0 Å². The Morgan fingerprint density at radius 3 is 2.64 bits per heavy atom. The van der Waals surface area contributed by atoms with Crippen LogP contribution >= 0.6 is 0 Å². The molecule has 2 aromatic rings. The quantitative estimate of drug-likeness (QED) is 0.946. The van der Waals surface area contributed by atoms with Gasteiger partial charge in [-0.3, -0.25) is 4.79 Å². The van der Waals surface area contributed by atoms with Gasteiger partial charge in [0, 0.05) is 43.3 Å². The lowest BCUT2D eigenvalue weighted by molar-refractivity contribution is 0.0644. The Morgan fingerprint density at radius 1 is 1.27 bits per heavy atom. The average Bonchev–Trinajstić information content (AvgIpc) is 2.89. The van der Waals surface area contributed by atoms with Crippen molar-refractivity contribution in [3.05, 3.63) is 29.5 Å². The molecule has 0 saturated carbocycles. The molecule has 1 fully saturated rings. The lowest BCUT2D eigenvalue weighted by Crippen LogP contribution is -2.48. The molecule has 1 aromatic heterocycles. The number of aryl methyl sites for hydroxylation is 1. The Labute approximate surface area is 130 Å². The molecule has 5 heteroatoms. The van der Waals surface area contributed by atoms with Gasteiger partial charge in [0.15, 0.2) is 0 Å². The van der Waals surface area contributed by atoms with Crippen molar-refractivity contribution in [2.24, 2.45) is 0 Å². The molecular weight excluding hydrogens is 278 g/mol. The SMILES string of the molecule is CCN1CCN(C(=O)c2c(C)[nH]c3cc(OC)ccc23)CC1. The molecule has 1 saturated heterocycles. The van der Waals surface area contributed by atoms with E-state index in [1.54, 1.807) is 7.11 Å². The van der Waals surface area contributed by atoms with Gasteiger partial charge in [-0.05, 0) is 25.6 Å². The predicted octanol–water partition coefficient (Wildman–Crippen LogP) is 2.26. The molecule has 1 aromatic carbocycles. The van der Waals surface area contributed by atoms with E-state index in [2.05, 4.69) is 16.8 Å². The summed E-state index contributed by atoms with van der Waals surface area (Å²) in [6.07, 6.45) is 0. The zero-order chi connectivity index (χ0) is 15.7. The monoisotopic (exact) mass is 301 g/mol. The zero-order valence-corrected chi connectivity index (χ0v) is 13.5. The number of H-pyrrole nitrogens is 1. The highest BCUT2D eigenvalue weighted by atomic mass is 16.5. The van der Waals surface area contributed by atoms with Crippen LogP contribution in [0.3, 0.4) is 0 Å². The number of ether oxygens (including phenoxy) is 1. The van der Waals surface area contributed by atoms with E-state index in [-0.39, 0.29) is 5.91 Å². The largest absolute Gasteiger partial charge is 0.497 e. The number of methoxy groups -OCH3 is 1. The third-order valence-corrected chi connectivity index (χ3v) is 4.51. The summed E-state index contributed by atoms with van der Waals surface area (Å²) in [4.78, 5) is 20.5. The maximum Gasteiger partial charge on any atom is 0.256 e. The van der Waals surface area contributed by atoms with Crippen molar-refractivity contribution in [1.29, 1.82) is 0 Å². The highest BCUT2D eigenvalue weighted by molar-refractivity contribution is 6.08. The van der Waals surface area contributed by atoms with Crippen LogP contribution in [-0.2, 0) is 0 Å². The molecule has 1 aliphatic rings. The van der Waals surface area contributed by atoms with E-state index in [0.29, 0.717) is 0 Å². The number of amides is 1. The summed E-state index contributed by atoms with van der Waals surface area (Å²) in [7, 11) is 1.65. The smallest absolute Gasteiger partial charge is 0.256 e. The minimum Gasteiger partial charge on any atom is -0.497 e. The molecule has 0 unspecified atom stereocenters. The number of hydrogen-bond acceptors (Lipinski definition) is 3. The minimum atomic E-state index is 0.129. The van der Waals surface area contributed by atoms with E-state index >= 15 is 0 Å². The number of hydrogen-bond donors (Lipinski definition) is 1. The molecule has 0 spiro atoms. The summed E-state index contributed by atoms with van der Waals surface area (Å²) in [5.41, 5.74) is 2.67. The molecule has 0 radical (unpaired) electrons. The van der Waals surface area contributed by atoms with Gasteiger partial charge < -0.3 is 19.5 Å². The number of carbonyl (C=O) groups excluding carboxylic acids is 1. The van der Waals surface area contributed by atoms with Crippen LogP contribution < -0.4 is 4.74 Å². The first-order valence-electron chi connectivity index (χ1n) is 7.82. The molecule has 1 N–H and O–H groups in total. The van der Waals surface area contributed by atoms with E-state index in [1.165, 1.54) is 0 Å². The van der Waals surface area contributed by atoms with Crippen molar-refractivity contribution in [3.63, 3.8) is 0 Å². The standard InChI is InChI=1S/C17H23N3O2/c1-4-19-7-9-20(10-8-19)17(21)16-12(2)18-15-11-13(22-3)5-6-14(15)16/h5-6,11,18H,4,7-10H2,1-3H3. The lowest BCUT2D eigenvalue weighted by atomic mass is 10.1. The maximum absolute atomic E-state index is 12.9. The van der Waals surface area contributed by atoms with Crippen LogP contribution in [0, 0.1) is 6.92 Å². The van der Waals surface area contributed by atoms with Gasteiger partial charge in [0.25, 0.3) is 5.91 Å². The van der Waals surface area contributed by atoms with Crippen molar-refractivity contribution in [1.82, 2.24) is 14.8 Å². The van der Waals surface area contributed by atoms with Gasteiger partial charge in [-0.15, -0.1) is 0 Å². The van der Waals surface area contributed by atoms with Gasteiger partial charge in [-0.1, -0.05) is 6.92 Å². The van der Waals surface area contributed by atoms with Crippen LogP contribution in [0.2, 0.25) is 0 Å². The van der Waals surface area contributed by atoms with Crippen LogP contribution in [0.1, 0.15) is 23.0 Å². The lowest BCUT2D eigenvalue weighted by Gasteiger charge is -2.34. The molecule has 0 aliphatic carbocycles. The highest BCUT2D eigenvalue weighted by Crippen LogP contribution is 2.27. The number of aromatic nitrogens is 1. The Bertz CT molecular complexity index is 685. The molecule has 1 amide bonds. The third kappa shape index (κ3) is 2.57. The van der Waals surface area contributed by atoms with Crippen LogP contribution in [0.25, 0.3) is 10.9 Å². The second-order valence-electron chi connectivity index (χ2n) is 5.76. The van der Waals surface area contributed by atoms with Crippen LogP contribution in [-0.4, -0.2) is 60.5 Å². The minimum absolute atomic E-state index is 0.129. The van der Waals surface area contributed by atoms with Crippen molar-refractivity contribution in [2.75, 3.05) is 39.8 Å². The molecule has 22 heavy (non-hydrogen) atoms. The highest BCUT2D eigenvalue weighted by Gasteiger charge is 2.25. The first-order chi connectivity index (χ1) is 10.6. The predicted molar refractivity (Wildman–Crippen MR) is 87.6 cm³/mol. The van der Waals surface area contributed by atoms with E-state index < -0.39 is 0 Å². The van der Waals surface area contributed by atoms with Crippen LogP contribution in [0.15, 0.2) is 18.2 Å². The summed E-state index contributed by atoms with van der Waals surface area (Å²) in [6, 6.07) is 5.81. The van der Waals surface area contributed by atoms with Gasteiger partial charge in [-0.25, -0.2) is 0 Å². The fraction of sp³-hybridized carbons (Fsp3) is 0.471. The molecule has 5 nitrogen and oxygen atoms in total. The van der Waals surface area contributed by atoms with Crippen LogP contribution in [0.5, 0.6) is 5.75 Å². The molecular formula is C17H23N3O2. The fourth-order valence-electron chi connectivity index (χ4n) is 3.14. The van der Waals surface area contributed by atoms with Crippen molar-refractivity contribution >= 4 is 16.8 Å².